The zero-order valence-electron chi connectivity index (χ0n) is 15.4. The van der Waals surface area contributed by atoms with Crippen LogP contribution in [0.1, 0.15) is 29.6 Å². The summed E-state index contributed by atoms with van der Waals surface area (Å²) in [4.78, 5) is 8.34. The van der Waals surface area contributed by atoms with Crippen molar-refractivity contribution in [3.8, 4) is 23.2 Å². The average Bonchev–Trinajstić information content (AvgIpc) is 3.15. The van der Waals surface area contributed by atoms with E-state index in [1.165, 1.54) is 6.92 Å². The summed E-state index contributed by atoms with van der Waals surface area (Å²) in [6.45, 7) is 3.76. The Morgan fingerprint density at radius 1 is 1.24 bits per heavy atom. The second kappa shape index (κ2) is 8.53. The second-order valence-electron chi connectivity index (χ2n) is 5.83. The molecular weight excluding hydrogens is 405 g/mol. The van der Waals surface area contributed by atoms with Crippen LogP contribution in [0, 0.1) is 18.3 Å². The first kappa shape index (κ1) is 20.7. The first-order chi connectivity index (χ1) is 13.8. The maximum atomic E-state index is 13.2. The molecule has 0 saturated heterocycles. The van der Waals surface area contributed by atoms with Crippen molar-refractivity contribution in [2.75, 3.05) is 6.61 Å². The molecule has 6 nitrogen and oxygen atoms in total. The number of rotatable bonds is 6. The second-order valence-corrected chi connectivity index (χ2v) is 6.79. The van der Waals surface area contributed by atoms with Gasteiger partial charge in [-0.2, -0.15) is 23.4 Å². The molecule has 1 aromatic carbocycles. The maximum Gasteiger partial charge on any atom is 0.417 e. The summed E-state index contributed by atoms with van der Waals surface area (Å²) in [6.07, 6.45) is -4.64. The molecule has 0 unspecified atom stereocenters. The van der Waals surface area contributed by atoms with Gasteiger partial charge in [-0.3, -0.25) is 0 Å². The third kappa shape index (κ3) is 4.68. The number of nitriles is 1. The predicted molar refractivity (Wildman–Crippen MR) is 99.2 cm³/mol. The van der Waals surface area contributed by atoms with E-state index in [2.05, 4.69) is 15.1 Å². The van der Waals surface area contributed by atoms with Gasteiger partial charge in [0.1, 0.15) is 16.8 Å². The molecule has 3 aromatic rings. The summed E-state index contributed by atoms with van der Waals surface area (Å²) in [6, 6.07) is 9.63. The fraction of sp³-hybridized carbons (Fsp3) is 0.263. The average molecular weight is 420 g/mol. The van der Waals surface area contributed by atoms with Gasteiger partial charge >= 0.3 is 6.18 Å². The van der Waals surface area contributed by atoms with Gasteiger partial charge in [0.25, 0.3) is 0 Å². The number of hydrogen-bond donors (Lipinski definition) is 0. The van der Waals surface area contributed by atoms with Crippen molar-refractivity contribution in [2.24, 2.45) is 0 Å². The van der Waals surface area contributed by atoms with E-state index in [0.29, 0.717) is 23.7 Å². The molecule has 0 atom stereocenters. The molecule has 0 aliphatic carbocycles. The highest BCUT2D eigenvalue weighted by molar-refractivity contribution is 7.98. The van der Waals surface area contributed by atoms with Crippen LogP contribution in [0.2, 0.25) is 0 Å². The third-order valence-electron chi connectivity index (χ3n) is 3.76. The van der Waals surface area contributed by atoms with Crippen LogP contribution in [0.15, 0.2) is 39.9 Å². The minimum Gasteiger partial charge on any atom is -0.493 e. The lowest BCUT2D eigenvalue weighted by Crippen LogP contribution is -2.10. The van der Waals surface area contributed by atoms with Crippen LogP contribution in [0.5, 0.6) is 5.75 Å². The molecule has 2 heterocycles. The lowest BCUT2D eigenvalue weighted by Gasteiger charge is -2.12. The molecule has 0 aliphatic rings. The SMILES string of the molecule is CCOc1ccccc1-c1noc(CSc2nc(C)cc(C(F)(F)F)c2C#N)n1. The van der Waals surface area contributed by atoms with Crippen molar-refractivity contribution >= 4 is 11.8 Å². The minimum absolute atomic E-state index is 0.0331. The quantitative estimate of drug-likeness (QED) is 0.518. The van der Waals surface area contributed by atoms with E-state index in [1.54, 1.807) is 24.3 Å². The fourth-order valence-corrected chi connectivity index (χ4v) is 3.45. The predicted octanol–water partition coefficient (Wildman–Crippen LogP) is 5.02. The number of aryl methyl sites for hydroxylation is 1. The summed E-state index contributed by atoms with van der Waals surface area (Å²) >= 11 is 0.931. The molecule has 0 fully saturated rings. The van der Waals surface area contributed by atoms with E-state index in [1.807, 2.05) is 13.0 Å². The molecule has 0 amide bonds. The first-order valence-electron chi connectivity index (χ1n) is 8.50. The Morgan fingerprint density at radius 3 is 2.69 bits per heavy atom. The molecule has 3 rings (SSSR count). The highest BCUT2D eigenvalue weighted by atomic mass is 32.2. The van der Waals surface area contributed by atoms with Gasteiger partial charge in [-0.1, -0.05) is 29.1 Å². The van der Waals surface area contributed by atoms with E-state index < -0.39 is 17.3 Å². The Balaban J connectivity index is 1.84. The van der Waals surface area contributed by atoms with Crippen LogP contribution in [-0.4, -0.2) is 21.7 Å². The number of nitrogens with zero attached hydrogens (tertiary/aromatic N) is 4. The molecule has 0 spiro atoms. The van der Waals surface area contributed by atoms with E-state index in [0.717, 1.165) is 17.8 Å². The van der Waals surface area contributed by atoms with Crippen molar-refractivity contribution in [1.82, 2.24) is 15.1 Å². The molecule has 0 N–H and O–H groups in total. The minimum atomic E-state index is -4.64. The summed E-state index contributed by atoms with van der Waals surface area (Å²) in [5.41, 5.74) is -0.725. The monoisotopic (exact) mass is 420 g/mol. The van der Waals surface area contributed by atoms with Crippen molar-refractivity contribution in [3.63, 3.8) is 0 Å². The zero-order chi connectivity index (χ0) is 21.0. The normalized spacial score (nSPS) is 11.3. The first-order valence-corrected chi connectivity index (χ1v) is 9.48. The number of pyridine rings is 1. The molecular formula is C19H15F3N4O2S. The smallest absolute Gasteiger partial charge is 0.417 e. The number of benzene rings is 1. The Morgan fingerprint density at radius 2 is 2.00 bits per heavy atom. The summed E-state index contributed by atoms with van der Waals surface area (Å²) < 4.78 is 50.4. The number of aromatic nitrogens is 3. The van der Waals surface area contributed by atoms with Gasteiger partial charge in [-0.25, -0.2) is 4.98 Å². The maximum absolute atomic E-state index is 13.2. The summed E-state index contributed by atoms with van der Waals surface area (Å²) in [5, 5.41) is 13.1. The van der Waals surface area contributed by atoms with E-state index >= 15 is 0 Å². The molecule has 150 valence electrons. The Kier molecular flexibility index (Phi) is 6.08. The van der Waals surface area contributed by atoms with Crippen molar-refractivity contribution in [1.29, 1.82) is 5.26 Å². The number of halogens is 3. The van der Waals surface area contributed by atoms with E-state index in [9.17, 15) is 18.4 Å². The molecule has 29 heavy (non-hydrogen) atoms. The standard InChI is InChI=1S/C19H15F3N4O2S/c1-3-27-15-7-5-4-6-12(15)17-25-16(28-26-17)10-29-18-13(9-23)14(19(20,21)22)8-11(2)24-18/h4-8H,3,10H2,1-2H3. The Hall–Kier alpha value is -3.06. The number of thioether (sulfide) groups is 1. The van der Waals surface area contributed by atoms with E-state index in [-0.39, 0.29) is 22.4 Å². The topological polar surface area (TPSA) is 84.8 Å². The lowest BCUT2D eigenvalue weighted by molar-refractivity contribution is -0.138. The molecule has 0 aliphatic heterocycles. The van der Waals surface area contributed by atoms with Gasteiger partial charge in [0.2, 0.25) is 11.7 Å². The van der Waals surface area contributed by atoms with Crippen molar-refractivity contribution in [2.45, 2.75) is 30.8 Å². The molecule has 10 heteroatoms. The largest absolute Gasteiger partial charge is 0.493 e. The number of alkyl halides is 3. The fourth-order valence-electron chi connectivity index (χ4n) is 2.57. The number of ether oxygens (including phenoxy) is 1. The van der Waals surface area contributed by atoms with Gasteiger partial charge < -0.3 is 9.26 Å². The van der Waals surface area contributed by atoms with E-state index in [4.69, 9.17) is 9.26 Å². The zero-order valence-corrected chi connectivity index (χ0v) is 16.3. The van der Waals surface area contributed by atoms with Crippen LogP contribution in [0.3, 0.4) is 0 Å². The third-order valence-corrected chi connectivity index (χ3v) is 4.72. The summed E-state index contributed by atoms with van der Waals surface area (Å²) in [5.74, 6) is 1.15. The van der Waals surface area contributed by atoms with Crippen LogP contribution in [-0.2, 0) is 11.9 Å². The van der Waals surface area contributed by atoms with Crippen LogP contribution < -0.4 is 4.74 Å². The number of para-hydroxylation sites is 1. The van der Waals surface area contributed by atoms with Crippen LogP contribution in [0.4, 0.5) is 13.2 Å². The van der Waals surface area contributed by atoms with Crippen molar-refractivity contribution < 1.29 is 22.4 Å². The molecule has 0 bridgehead atoms. The summed E-state index contributed by atoms with van der Waals surface area (Å²) in [7, 11) is 0. The Bertz CT molecular complexity index is 1060. The van der Waals surface area contributed by atoms with Crippen LogP contribution in [0.25, 0.3) is 11.4 Å². The molecule has 0 saturated carbocycles. The highest BCUT2D eigenvalue weighted by Crippen LogP contribution is 2.36. The van der Waals surface area contributed by atoms with Gasteiger partial charge in [0.05, 0.1) is 29.1 Å². The van der Waals surface area contributed by atoms with Gasteiger partial charge in [-0.05, 0) is 32.0 Å². The van der Waals surface area contributed by atoms with Gasteiger partial charge in [-0.15, -0.1) is 0 Å². The highest BCUT2D eigenvalue weighted by Gasteiger charge is 2.35. The van der Waals surface area contributed by atoms with Crippen molar-refractivity contribution in [3.05, 3.63) is 53.0 Å². The molecule has 0 radical (unpaired) electrons. The van der Waals surface area contributed by atoms with Gasteiger partial charge in [0, 0.05) is 5.69 Å². The van der Waals surface area contributed by atoms with Gasteiger partial charge in [0.15, 0.2) is 0 Å². The lowest BCUT2D eigenvalue weighted by atomic mass is 10.1. The number of hydrogen-bond acceptors (Lipinski definition) is 7. The van der Waals surface area contributed by atoms with Crippen LogP contribution >= 0.6 is 11.8 Å². The Labute approximate surface area is 168 Å². The molecule has 2 aromatic heterocycles.